The van der Waals surface area contributed by atoms with Crippen molar-refractivity contribution >= 4 is 39.6 Å². The highest BCUT2D eigenvalue weighted by molar-refractivity contribution is 9.10. The van der Waals surface area contributed by atoms with E-state index < -0.39 is 29.0 Å². The Morgan fingerprint density at radius 2 is 1.96 bits per heavy atom. The van der Waals surface area contributed by atoms with Crippen molar-refractivity contribution in [2.24, 2.45) is 0 Å². The number of rotatable bonds is 4. The number of halogens is 4. The number of hydrogen-bond donors (Lipinski definition) is 1. The maximum atomic E-state index is 13.6. The molecule has 0 aliphatic rings. The standard InChI is InChI=1S/C15H9BrF3NO3/c1-23-15(22)8-4-7(17)5-10(16)14(8)20-12-3-2-11(18)13(19)9(12)6-21/h2-6,20H,1H3. The Kier molecular flexibility index (Phi) is 5.05. The van der Waals surface area contributed by atoms with E-state index in [1.54, 1.807) is 0 Å². The Bertz CT molecular complexity index is 796. The Balaban J connectivity index is 2.59. The van der Waals surface area contributed by atoms with E-state index in [2.05, 4.69) is 26.0 Å². The predicted molar refractivity (Wildman–Crippen MR) is 80.5 cm³/mol. The van der Waals surface area contributed by atoms with E-state index in [1.807, 2.05) is 0 Å². The molecule has 0 aliphatic heterocycles. The molecule has 2 aromatic carbocycles. The van der Waals surface area contributed by atoms with Crippen LogP contribution >= 0.6 is 15.9 Å². The van der Waals surface area contributed by atoms with Gasteiger partial charge in [-0.2, -0.15) is 0 Å². The fourth-order valence-corrected chi connectivity index (χ4v) is 2.43. The van der Waals surface area contributed by atoms with Gasteiger partial charge in [-0.05, 0) is 40.2 Å². The largest absolute Gasteiger partial charge is 0.465 e. The summed E-state index contributed by atoms with van der Waals surface area (Å²) < 4.78 is 45.0. The molecule has 1 N–H and O–H groups in total. The van der Waals surface area contributed by atoms with Crippen LogP contribution in [-0.2, 0) is 4.74 Å². The Labute approximate surface area is 137 Å². The van der Waals surface area contributed by atoms with Gasteiger partial charge in [-0.3, -0.25) is 4.79 Å². The lowest BCUT2D eigenvalue weighted by Crippen LogP contribution is -2.09. The predicted octanol–water partition coefficient (Wildman–Crippen LogP) is 4.21. The molecule has 0 atom stereocenters. The topological polar surface area (TPSA) is 55.4 Å². The normalized spacial score (nSPS) is 10.3. The zero-order valence-corrected chi connectivity index (χ0v) is 13.2. The molecule has 0 amide bonds. The van der Waals surface area contributed by atoms with Crippen LogP contribution in [0.25, 0.3) is 0 Å². The van der Waals surface area contributed by atoms with Gasteiger partial charge < -0.3 is 10.1 Å². The molecule has 0 saturated carbocycles. The second-order valence-electron chi connectivity index (χ2n) is 4.37. The quantitative estimate of drug-likeness (QED) is 0.630. The molecule has 2 aromatic rings. The number of ether oxygens (including phenoxy) is 1. The molecular formula is C15H9BrF3NO3. The fourth-order valence-electron chi connectivity index (χ4n) is 1.90. The third-order valence-corrected chi connectivity index (χ3v) is 3.60. The minimum atomic E-state index is -1.33. The molecule has 120 valence electrons. The van der Waals surface area contributed by atoms with Gasteiger partial charge in [0.2, 0.25) is 0 Å². The highest BCUT2D eigenvalue weighted by atomic mass is 79.9. The molecule has 0 aromatic heterocycles. The van der Waals surface area contributed by atoms with Crippen molar-refractivity contribution in [1.29, 1.82) is 0 Å². The molecule has 0 fully saturated rings. The molecule has 0 aliphatic carbocycles. The molecule has 23 heavy (non-hydrogen) atoms. The van der Waals surface area contributed by atoms with E-state index in [9.17, 15) is 22.8 Å². The van der Waals surface area contributed by atoms with Crippen LogP contribution in [0, 0.1) is 17.5 Å². The second kappa shape index (κ2) is 6.82. The van der Waals surface area contributed by atoms with E-state index in [-0.39, 0.29) is 27.7 Å². The van der Waals surface area contributed by atoms with E-state index in [0.29, 0.717) is 0 Å². The minimum absolute atomic E-state index is 0.0485. The van der Waals surface area contributed by atoms with Gasteiger partial charge in [0, 0.05) is 4.47 Å². The summed E-state index contributed by atoms with van der Waals surface area (Å²) in [6.45, 7) is 0. The first-order valence-electron chi connectivity index (χ1n) is 6.16. The van der Waals surface area contributed by atoms with Gasteiger partial charge in [0.15, 0.2) is 17.9 Å². The van der Waals surface area contributed by atoms with Crippen molar-refractivity contribution in [2.75, 3.05) is 12.4 Å². The number of nitrogens with one attached hydrogen (secondary N) is 1. The summed E-state index contributed by atoms with van der Waals surface area (Å²) in [5, 5.41) is 2.62. The van der Waals surface area contributed by atoms with Crippen LogP contribution < -0.4 is 5.32 Å². The Morgan fingerprint density at radius 1 is 1.26 bits per heavy atom. The maximum Gasteiger partial charge on any atom is 0.340 e. The molecular weight excluding hydrogens is 379 g/mol. The van der Waals surface area contributed by atoms with Gasteiger partial charge in [-0.25, -0.2) is 18.0 Å². The second-order valence-corrected chi connectivity index (χ2v) is 5.22. The Morgan fingerprint density at radius 3 is 2.57 bits per heavy atom. The van der Waals surface area contributed by atoms with Crippen molar-refractivity contribution in [3.8, 4) is 0 Å². The molecule has 8 heteroatoms. The van der Waals surface area contributed by atoms with Gasteiger partial charge in [0.25, 0.3) is 0 Å². The first kappa shape index (κ1) is 17.0. The molecule has 0 unspecified atom stereocenters. The summed E-state index contributed by atoms with van der Waals surface area (Å²) in [5.74, 6) is -4.07. The average Bonchev–Trinajstić information content (AvgIpc) is 2.52. The van der Waals surface area contributed by atoms with Crippen LogP contribution in [-0.4, -0.2) is 19.4 Å². The van der Waals surface area contributed by atoms with Crippen molar-refractivity contribution in [3.63, 3.8) is 0 Å². The number of carbonyl (C=O) groups excluding carboxylic acids is 2. The summed E-state index contributed by atoms with van der Waals surface area (Å²) in [6, 6.07) is 3.92. The highest BCUT2D eigenvalue weighted by Gasteiger charge is 2.20. The van der Waals surface area contributed by atoms with Crippen LogP contribution in [0.15, 0.2) is 28.7 Å². The van der Waals surface area contributed by atoms with Crippen molar-refractivity contribution in [3.05, 3.63) is 57.3 Å². The molecule has 4 nitrogen and oxygen atoms in total. The number of aldehydes is 1. The highest BCUT2D eigenvalue weighted by Crippen LogP contribution is 2.33. The number of methoxy groups -OCH3 is 1. The van der Waals surface area contributed by atoms with Gasteiger partial charge in [-0.1, -0.05) is 0 Å². The zero-order valence-electron chi connectivity index (χ0n) is 11.6. The SMILES string of the molecule is COC(=O)c1cc(F)cc(Br)c1Nc1ccc(F)c(F)c1C=O. The van der Waals surface area contributed by atoms with Gasteiger partial charge in [0.1, 0.15) is 5.82 Å². The van der Waals surface area contributed by atoms with Gasteiger partial charge >= 0.3 is 5.97 Å². The number of benzene rings is 2. The van der Waals surface area contributed by atoms with Crippen molar-refractivity contribution in [2.45, 2.75) is 0 Å². The third kappa shape index (κ3) is 3.37. The molecule has 0 bridgehead atoms. The number of esters is 1. The summed E-state index contributed by atoms with van der Waals surface area (Å²) >= 11 is 3.07. The maximum absolute atomic E-state index is 13.6. The zero-order chi connectivity index (χ0) is 17.1. The minimum Gasteiger partial charge on any atom is -0.465 e. The summed E-state index contributed by atoms with van der Waals surface area (Å²) in [6.07, 6.45) is 0.135. The number of anilines is 2. The van der Waals surface area contributed by atoms with Crippen LogP contribution in [0.5, 0.6) is 0 Å². The molecule has 2 rings (SSSR count). The molecule has 0 radical (unpaired) electrons. The third-order valence-electron chi connectivity index (χ3n) is 2.97. The lowest BCUT2D eigenvalue weighted by Gasteiger charge is -2.15. The summed E-state index contributed by atoms with van der Waals surface area (Å²) in [5.41, 5.74) is -0.776. The monoisotopic (exact) mass is 387 g/mol. The molecule has 0 spiro atoms. The van der Waals surface area contributed by atoms with Crippen LogP contribution in [0.4, 0.5) is 24.5 Å². The van der Waals surface area contributed by atoms with E-state index >= 15 is 0 Å². The van der Waals surface area contributed by atoms with Gasteiger partial charge in [0.05, 0.1) is 29.6 Å². The van der Waals surface area contributed by atoms with E-state index in [1.165, 1.54) is 0 Å². The fraction of sp³-hybridized carbons (Fsp3) is 0.0667. The van der Waals surface area contributed by atoms with E-state index in [4.69, 9.17) is 0 Å². The van der Waals surface area contributed by atoms with Crippen molar-refractivity contribution in [1.82, 2.24) is 0 Å². The van der Waals surface area contributed by atoms with Crippen LogP contribution in [0.3, 0.4) is 0 Å². The average molecular weight is 388 g/mol. The smallest absolute Gasteiger partial charge is 0.340 e. The van der Waals surface area contributed by atoms with Crippen LogP contribution in [0.2, 0.25) is 0 Å². The number of carbonyl (C=O) groups is 2. The van der Waals surface area contributed by atoms with Crippen LogP contribution in [0.1, 0.15) is 20.7 Å². The van der Waals surface area contributed by atoms with Crippen molar-refractivity contribution < 1.29 is 27.5 Å². The molecule has 0 heterocycles. The first-order chi connectivity index (χ1) is 10.9. The summed E-state index contributed by atoms with van der Waals surface area (Å²) in [4.78, 5) is 22.7. The number of hydrogen-bond acceptors (Lipinski definition) is 4. The lowest BCUT2D eigenvalue weighted by molar-refractivity contribution is 0.0601. The Hall–Kier alpha value is -2.35. The van der Waals surface area contributed by atoms with Gasteiger partial charge in [-0.15, -0.1) is 0 Å². The first-order valence-corrected chi connectivity index (χ1v) is 6.96. The molecule has 0 saturated heterocycles. The van der Waals surface area contributed by atoms with E-state index in [0.717, 1.165) is 31.4 Å². The lowest BCUT2D eigenvalue weighted by atomic mass is 10.1. The summed E-state index contributed by atoms with van der Waals surface area (Å²) in [7, 11) is 1.11.